The Kier molecular flexibility index (Phi) is 6.21. The van der Waals surface area contributed by atoms with Crippen LogP contribution in [-0.4, -0.2) is 27.9 Å². The Labute approximate surface area is 158 Å². The third-order valence-corrected chi connectivity index (χ3v) is 4.72. The minimum atomic E-state index is -0.507. The van der Waals surface area contributed by atoms with Crippen LogP contribution in [0.25, 0.3) is 0 Å². The summed E-state index contributed by atoms with van der Waals surface area (Å²) in [4.78, 5) is 29.6. The van der Waals surface area contributed by atoms with E-state index in [-0.39, 0.29) is 23.1 Å². The van der Waals surface area contributed by atoms with E-state index in [1.54, 1.807) is 12.1 Å². The van der Waals surface area contributed by atoms with Gasteiger partial charge in [-0.05, 0) is 37.8 Å². The highest BCUT2D eigenvalue weighted by molar-refractivity contribution is 6.05. The van der Waals surface area contributed by atoms with Crippen molar-refractivity contribution in [3.63, 3.8) is 0 Å². The van der Waals surface area contributed by atoms with Crippen LogP contribution < -0.4 is 10.6 Å². The topological polar surface area (TPSA) is 76.0 Å². The lowest BCUT2D eigenvalue weighted by molar-refractivity contribution is 0.0937. The maximum absolute atomic E-state index is 13.8. The molecule has 2 heterocycles. The van der Waals surface area contributed by atoms with Crippen molar-refractivity contribution >= 4 is 17.5 Å². The summed E-state index contributed by atoms with van der Waals surface area (Å²) >= 11 is 0. The molecule has 0 saturated carbocycles. The normalized spacial score (nSPS) is 13.1. The number of benzene rings is 1. The molecule has 0 fully saturated rings. The first-order valence-electron chi connectivity index (χ1n) is 9.55. The first-order chi connectivity index (χ1) is 13.1. The van der Waals surface area contributed by atoms with Crippen molar-refractivity contribution in [2.75, 3.05) is 11.9 Å². The fourth-order valence-corrected chi connectivity index (χ4v) is 3.30. The van der Waals surface area contributed by atoms with Crippen LogP contribution >= 0.6 is 0 Å². The number of rotatable bonds is 7. The molecule has 0 unspecified atom stereocenters. The predicted octanol–water partition coefficient (Wildman–Crippen LogP) is 3.53. The molecule has 1 aliphatic rings. The van der Waals surface area contributed by atoms with E-state index < -0.39 is 11.7 Å². The Morgan fingerprint density at radius 3 is 2.78 bits per heavy atom. The molecule has 0 saturated heterocycles. The van der Waals surface area contributed by atoms with Gasteiger partial charge in [-0.15, -0.1) is 0 Å². The lowest BCUT2D eigenvalue weighted by Crippen LogP contribution is -2.28. The molecule has 0 spiro atoms. The number of carbonyl (C=O) groups excluding carboxylic acids is 2. The van der Waals surface area contributed by atoms with Gasteiger partial charge in [0.05, 0.1) is 11.4 Å². The number of amides is 2. The van der Waals surface area contributed by atoms with Crippen LogP contribution in [0.4, 0.5) is 10.1 Å². The SMILES string of the molecule is CCCCCNC(=O)c1nc(C(=O)Nc2ccccc2F)c2n1CCCC2. The van der Waals surface area contributed by atoms with Gasteiger partial charge in [0.2, 0.25) is 0 Å². The van der Waals surface area contributed by atoms with Gasteiger partial charge in [-0.25, -0.2) is 9.37 Å². The molecular weight excluding hydrogens is 347 g/mol. The lowest BCUT2D eigenvalue weighted by Gasteiger charge is -2.17. The van der Waals surface area contributed by atoms with Crippen LogP contribution in [0.3, 0.4) is 0 Å². The largest absolute Gasteiger partial charge is 0.349 e. The summed E-state index contributed by atoms with van der Waals surface area (Å²) in [5, 5.41) is 5.45. The highest BCUT2D eigenvalue weighted by Crippen LogP contribution is 2.23. The summed E-state index contributed by atoms with van der Waals surface area (Å²) in [6.45, 7) is 3.35. The number of imidazole rings is 1. The van der Waals surface area contributed by atoms with Gasteiger partial charge in [-0.2, -0.15) is 0 Å². The average Bonchev–Trinajstić information content (AvgIpc) is 3.07. The number of anilines is 1. The second-order valence-corrected chi connectivity index (χ2v) is 6.74. The highest BCUT2D eigenvalue weighted by atomic mass is 19.1. The Hall–Kier alpha value is -2.70. The number of carbonyl (C=O) groups is 2. The molecule has 1 aromatic heterocycles. The highest BCUT2D eigenvalue weighted by Gasteiger charge is 2.27. The van der Waals surface area contributed by atoms with Crippen molar-refractivity contribution < 1.29 is 14.0 Å². The number of fused-ring (bicyclic) bond motifs is 1. The van der Waals surface area contributed by atoms with E-state index in [1.807, 2.05) is 4.57 Å². The third kappa shape index (κ3) is 4.35. The van der Waals surface area contributed by atoms with Gasteiger partial charge in [0, 0.05) is 13.1 Å². The monoisotopic (exact) mass is 372 g/mol. The van der Waals surface area contributed by atoms with Crippen molar-refractivity contribution in [3.05, 3.63) is 47.3 Å². The van der Waals surface area contributed by atoms with Crippen molar-refractivity contribution in [1.29, 1.82) is 0 Å². The van der Waals surface area contributed by atoms with E-state index in [0.29, 0.717) is 19.5 Å². The van der Waals surface area contributed by atoms with Crippen molar-refractivity contribution in [3.8, 4) is 0 Å². The molecule has 0 atom stereocenters. The van der Waals surface area contributed by atoms with Gasteiger partial charge >= 0.3 is 0 Å². The zero-order valence-electron chi connectivity index (χ0n) is 15.6. The molecule has 7 heteroatoms. The first-order valence-corrected chi connectivity index (χ1v) is 9.55. The van der Waals surface area contributed by atoms with Gasteiger partial charge in [0.15, 0.2) is 11.5 Å². The van der Waals surface area contributed by atoms with Crippen LogP contribution in [0.2, 0.25) is 0 Å². The summed E-state index contributed by atoms with van der Waals surface area (Å²) in [6.07, 6.45) is 5.59. The van der Waals surface area contributed by atoms with Crippen LogP contribution in [-0.2, 0) is 13.0 Å². The molecule has 144 valence electrons. The van der Waals surface area contributed by atoms with E-state index in [2.05, 4.69) is 22.5 Å². The zero-order valence-corrected chi connectivity index (χ0v) is 15.6. The van der Waals surface area contributed by atoms with Crippen LogP contribution in [0.15, 0.2) is 24.3 Å². The van der Waals surface area contributed by atoms with E-state index >= 15 is 0 Å². The molecular formula is C20H25FN4O2. The fourth-order valence-electron chi connectivity index (χ4n) is 3.30. The predicted molar refractivity (Wildman–Crippen MR) is 101 cm³/mol. The van der Waals surface area contributed by atoms with Crippen LogP contribution in [0.1, 0.15) is 65.8 Å². The third-order valence-electron chi connectivity index (χ3n) is 4.72. The second-order valence-electron chi connectivity index (χ2n) is 6.74. The van der Waals surface area contributed by atoms with E-state index in [4.69, 9.17) is 0 Å². The summed E-state index contributed by atoms with van der Waals surface area (Å²) in [5.74, 6) is -0.998. The maximum atomic E-state index is 13.8. The summed E-state index contributed by atoms with van der Waals surface area (Å²) in [6, 6.07) is 5.99. The Bertz CT molecular complexity index is 831. The molecule has 0 bridgehead atoms. The number of hydrogen-bond donors (Lipinski definition) is 2. The molecule has 1 aromatic carbocycles. The lowest BCUT2D eigenvalue weighted by atomic mass is 10.1. The number of hydrogen-bond acceptors (Lipinski definition) is 3. The summed E-state index contributed by atoms with van der Waals surface area (Å²) < 4.78 is 15.7. The van der Waals surface area contributed by atoms with Crippen LogP contribution in [0.5, 0.6) is 0 Å². The number of nitrogens with one attached hydrogen (secondary N) is 2. The molecule has 3 rings (SSSR count). The zero-order chi connectivity index (χ0) is 19.2. The van der Waals surface area contributed by atoms with E-state index in [0.717, 1.165) is 37.8 Å². The first kappa shape index (κ1) is 19.1. The molecule has 1 aliphatic heterocycles. The molecule has 2 aromatic rings. The Balaban J connectivity index is 1.81. The van der Waals surface area contributed by atoms with E-state index in [9.17, 15) is 14.0 Å². The molecule has 2 amide bonds. The van der Waals surface area contributed by atoms with Gasteiger partial charge in [-0.3, -0.25) is 9.59 Å². The Morgan fingerprint density at radius 1 is 1.19 bits per heavy atom. The fraction of sp³-hybridized carbons (Fsp3) is 0.450. The Morgan fingerprint density at radius 2 is 2.00 bits per heavy atom. The maximum Gasteiger partial charge on any atom is 0.287 e. The molecule has 0 aliphatic carbocycles. The second kappa shape index (κ2) is 8.79. The van der Waals surface area contributed by atoms with Crippen molar-refractivity contribution in [1.82, 2.24) is 14.9 Å². The number of nitrogens with zero attached hydrogens (tertiary/aromatic N) is 2. The van der Waals surface area contributed by atoms with Crippen molar-refractivity contribution in [2.24, 2.45) is 0 Å². The average molecular weight is 372 g/mol. The minimum absolute atomic E-state index is 0.102. The number of unbranched alkanes of at least 4 members (excludes halogenated alkanes) is 2. The molecule has 2 N–H and O–H groups in total. The smallest absolute Gasteiger partial charge is 0.287 e. The summed E-state index contributed by atoms with van der Waals surface area (Å²) in [5.41, 5.74) is 1.05. The molecule has 0 radical (unpaired) electrons. The van der Waals surface area contributed by atoms with Crippen molar-refractivity contribution in [2.45, 2.75) is 52.0 Å². The van der Waals surface area contributed by atoms with Gasteiger partial charge in [0.1, 0.15) is 5.82 Å². The quantitative estimate of drug-likeness (QED) is 0.730. The van der Waals surface area contributed by atoms with Gasteiger partial charge in [-0.1, -0.05) is 31.9 Å². The van der Waals surface area contributed by atoms with Gasteiger partial charge in [0.25, 0.3) is 11.8 Å². The van der Waals surface area contributed by atoms with Gasteiger partial charge < -0.3 is 15.2 Å². The van der Waals surface area contributed by atoms with E-state index in [1.165, 1.54) is 12.1 Å². The number of halogens is 1. The minimum Gasteiger partial charge on any atom is -0.349 e. The number of aromatic nitrogens is 2. The standard InChI is InChI=1S/C20H25FN4O2/c1-2-3-7-12-22-20(27)18-24-17(16-11-6-8-13-25(16)18)19(26)23-15-10-5-4-9-14(15)21/h4-5,9-10H,2-3,6-8,11-13H2,1H3,(H,22,27)(H,23,26). The summed E-state index contributed by atoms with van der Waals surface area (Å²) in [7, 11) is 0. The van der Waals surface area contributed by atoms with Crippen LogP contribution in [0, 0.1) is 5.82 Å². The molecule has 6 nitrogen and oxygen atoms in total. The number of para-hydroxylation sites is 1. The molecule has 27 heavy (non-hydrogen) atoms.